The number of ether oxygens (including phenoxy) is 1. The van der Waals surface area contributed by atoms with Crippen molar-refractivity contribution in [2.24, 2.45) is 0 Å². The van der Waals surface area contributed by atoms with Gasteiger partial charge in [-0.05, 0) is 59.1 Å². The fourth-order valence-electron chi connectivity index (χ4n) is 2.30. The highest BCUT2D eigenvalue weighted by molar-refractivity contribution is 9.10. The van der Waals surface area contributed by atoms with Crippen LogP contribution in [0.2, 0.25) is 0 Å². The van der Waals surface area contributed by atoms with E-state index in [4.69, 9.17) is 4.74 Å². The van der Waals surface area contributed by atoms with Crippen LogP contribution in [0.25, 0.3) is 10.2 Å². The molecule has 0 radical (unpaired) electrons. The second kappa shape index (κ2) is 6.68. The zero-order valence-corrected chi connectivity index (χ0v) is 15.1. The number of anilines is 1. The minimum absolute atomic E-state index is 0.0571. The molecule has 6 heteroatoms. The number of carbonyl (C=O) groups excluding carboxylic acids is 1. The molecule has 23 heavy (non-hydrogen) atoms. The highest BCUT2D eigenvalue weighted by Gasteiger charge is 2.11. The molecule has 4 nitrogen and oxygen atoms in total. The van der Waals surface area contributed by atoms with Crippen molar-refractivity contribution in [3.63, 3.8) is 0 Å². The molecule has 1 heterocycles. The Morgan fingerprint density at radius 1 is 1.30 bits per heavy atom. The lowest BCUT2D eigenvalue weighted by Gasteiger charge is -2.11. The Bertz CT molecular complexity index is 820. The third-order valence-corrected chi connectivity index (χ3v) is 4.80. The molecule has 0 unspecified atom stereocenters. The number of benzene rings is 2. The average Bonchev–Trinajstić information content (AvgIpc) is 2.88. The average molecular weight is 391 g/mol. The molecule has 2 aromatic carbocycles. The van der Waals surface area contributed by atoms with Crippen molar-refractivity contribution in [2.75, 3.05) is 11.9 Å². The van der Waals surface area contributed by atoms with Crippen LogP contribution in [0.5, 0.6) is 5.75 Å². The molecule has 1 amide bonds. The normalized spacial score (nSPS) is 10.7. The highest BCUT2D eigenvalue weighted by atomic mass is 79.9. The van der Waals surface area contributed by atoms with Crippen LogP contribution in [0.1, 0.15) is 11.1 Å². The van der Waals surface area contributed by atoms with Gasteiger partial charge in [-0.2, -0.15) is 0 Å². The van der Waals surface area contributed by atoms with Crippen LogP contribution in [0.3, 0.4) is 0 Å². The van der Waals surface area contributed by atoms with Crippen LogP contribution < -0.4 is 10.1 Å². The summed E-state index contributed by atoms with van der Waals surface area (Å²) in [6.07, 6.45) is 0. The SMILES string of the molecule is Cc1cc(C)c(OCC(=O)Nc2nc3ccccc3s2)c(Br)c1. The molecule has 1 aromatic heterocycles. The molecule has 3 rings (SSSR count). The summed E-state index contributed by atoms with van der Waals surface area (Å²) >= 11 is 4.92. The largest absolute Gasteiger partial charge is 0.482 e. The lowest BCUT2D eigenvalue weighted by molar-refractivity contribution is -0.118. The van der Waals surface area contributed by atoms with Gasteiger partial charge < -0.3 is 4.74 Å². The molecule has 0 saturated carbocycles. The van der Waals surface area contributed by atoms with Crippen molar-refractivity contribution in [1.29, 1.82) is 0 Å². The number of rotatable bonds is 4. The molecule has 0 aliphatic carbocycles. The summed E-state index contributed by atoms with van der Waals surface area (Å²) in [5.41, 5.74) is 3.01. The number of nitrogens with one attached hydrogen (secondary N) is 1. The standard InChI is InChI=1S/C17H15BrN2O2S/c1-10-7-11(2)16(12(18)8-10)22-9-15(21)20-17-19-13-5-3-4-6-14(13)23-17/h3-8H,9H2,1-2H3,(H,19,20,21). The van der Waals surface area contributed by atoms with Crippen molar-refractivity contribution in [3.05, 3.63) is 52.0 Å². The first kappa shape index (κ1) is 16.0. The first-order chi connectivity index (χ1) is 11.0. The number of para-hydroxylation sites is 1. The summed E-state index contributed by atoms with van der Waals surface area (Å²) in [7, 11) is 0. The van der Waals surface area contributed by atoms with E-state index in [1.165, 1.54) is 11.3 Å². The fourth-order valence-corrected chi connectivity index (χ4v) is 3.97. The third kappa shape index (κ3) is 3.71. The zero-order chi connectivity index (χ0) is 16.4. The predicted molar refractivity (Wildman–Crippen MR) is 97.4 cm³/mol. The van der Waals surface area contributed by atoms with Gasteiger partial charge in [0.15, 0.2) is 11.7 Å². The molecular weight excluding hydrogens is 376 g/mol. The number of amides is 1. The molecule has 0 atom stereocenters. The number of carbonyl (C=O) groups is 1. The molecule has 0 bridgehead atoms. The Hall–Kier alpha value is -1.92. The quantitative estimate of drug-likeness (QED) is 0.702. The molecule has 118 valence electrons. The van der Waals surface area contributed by atoms with Gasteiger partial charge in [0.2, 0.25) is 0 Å². The van der Waals surface area contributed by atoms with Crippen LogP contribution >= 0.6 is 27.3 Å². The summed E-state index contributed by atoms with van der Waals surface area (Å²) in [5.74, 6) is 0.464. The summed E-state index contributed by atoms with van der Waals surface area (Å²) in [4.78, 5) is 16.4. The van der Waals surface area contributed by atoms with E-state index >= 15 is 0 Å². The van der Waals surface area contributed by atoms with Crippen LogP contribution in [0.15, 0.2) is 40.9 Å². The molecule has 0 aliphatic heterocycles. The third-order valence-electron chi connectivity index (χ3n) is 3.26. The summed E-state index contributed by atoms with van der Waals surface area (Å²) < 4.78 is 7.54. The Balaban J connectivity index is 1.66. The van der Waals surface area contributed by atoms with E-state index in [1.54, 1.807) is 0 Å². The molecule has 0 saturated heterocycles. The van der Waals surface area contributed by atoms with Crippen molar-refractivity contribution in [3.8, 4) is 5.75 Å². The number of hydrogen-bond acceptors (Lipinski definition) is 4. The van der Waals surface area contributed by atoms with Crippen LogP contribution in [-0.4, -0.2) is 17.5 Å². The molecule has 1 N–H and O–H groups in total. The Morgan fingerprint density at radius 2 is 2.09 bits per heavy atom. The van der Waals surface area contributed by atoms with E-state index in [1.807, 2.05) is 50.2 Å². The number of thiazole rings is 1. The van der Waals surface area contributed by atoms with E-state index in [9.17, 15) is 4.79 Å². The van der Waals surface area contributed by atoms with Crippen LogP contribution in [0.4, 0.5) is 5.13 Å². The zero-order valence-electron chi connectivity index (χ0n) is 12.7. The van der Waals surface area contributed by atoms with Gasteiger partial charge in [0.1, 0.15) is 5.75 Å². The van der Waals surface area contributed by atoms with E-state index in [2.05, 4.69) is 26.2 Å². The summed E-state index contributed by atoms with van der Waals surface area (Å²) in [6, 6.07) is 11.8. The lowest BCUT2D eigenvalue weighted by Crippen LogP contribution is -2.20. The van der Waals surface area contributed by atoms with Gasteiger partial charge in [0, 0.05) is 0 Å². The first-order valence-corrected chi connectivity index (χ1v) is 8.69. The number of hydrogen-bond donors (Lipinski definition) is 1. The van der Waals surface area contributed by atoms with Gasteiger partial charge in [-0.15, -0.1) is 0 Å². The number of fused-ring (bicyclic) bond motifs is 1. The second-order valence-electron chi connectivity index (χ2n) is 5.22. The van der Waals surface area contributed by atoms with Crippen molar-refractivity contribution >= 4 is 48.5 Å². The van der Waals surface area contributed by atoms with E-state index in [-0.39, 0.29) is 12.5 Å². The summed E-state index contributed by atoms with van der Waals surface area (Å²) in [6.45, 7) is 3.92. The van der Waals surface area contributed by atoms with Gasteiger partial charge in [-0.3, -0.25) is 10.1 Å². The van der Waals surface area contributed by atoms with Crippen molar-refractivity contribution in [1.82, 2.24) is 4.98 Å². The van der Waals surface area contributed by atoms with Gasteiger partial charge in [-0.25, -0.2) is 4.98 Å². The van der Waals surface area contributed by atoms with E-state index in [0.717, 1.165) is 25.8 Å². The number of aryl methyl sites for hydroxylation is 2. The predicted octanol–water partition coefficient (Wildman–Crippen LogP) is 4.69. The fraction of sp³-hybridized carbons (Fsp3) is 0.176. The van der Waals surface area contributed by atoms with Crippen molar-refractivity contribution in [2.45, 2.75) is 13.8 Å². The first-order valence-electron chi connectivity index (χ1n) is 7.08. The topological polar surface area (TPSA) is 51.2 Å². The molecule has 0 aliphatic rings. The minimum Gasteiger partial charge on any atom is -0.482 e. The molecule has 3 aromatic rings. The van der Waals surface area contributed by atoms with Gasteiger partial charge in [0.05, 0.1) is 14.7 Å². The second-order valence-corrected chi connectivity index (χ2v) is 7.10. The maximum absolute atomic E-state index is 12.1. The monoisotopic (exact) mass is 390 g/mol. The Labute approximate surface area is 146 Å². The number of halogens is 1. The summed E-state index contributed by atoms with van der Waals surface area (Å²) in [5, 5.41) is 3.36. The van der Waals surface area contributed by atoms with Crippen molar-refractivity contribution < 1.29 is 9.53 Å². The molecule has 0 spiro atoms. The smallest absolute Gasteiger partial charge is 0.264 e. The molecular formula is C17H15BrN2O2S. The van der Waals surface area contributed by atoms with Gasteiger partial charge >= 0.3 is 0 Å². The molecule has 0 fully saturated rings. The van der Waals surface area contributed by atoms with Gasteiger partial charge in [0.25, 0.3) is 5.91 Å². The van der Waals surface area contributed by atoms with E-state index < -0.39 is 0 Å². The van der Waals surface area contributed by atoms with Gasteiger partial charge in [-0.1, -0.05) is 29.5 Å². The highest BCUT2D eigenvalue weighted by Crippen LogP contribution is 2.30. The minimum atomic E-state index is -0.226. The van der Waals surface area contributed by atoms with Crippen LogP contribution in [0, 0.1) is 13.8 Å². The number of aromatic nitrogens is 1. The Morgan fingerprint density at radius 3 is 2.83 bits per heavy atom. The maximum Gasteiger partial charge on any atom is 0.264 e. The maximum atomic E-state index is 12.1. The Kier molecular flexibility index (Phi) is 4.63. The lowest BCUT2D eigenvalue weighted by atomic mass is 10.1. The number of nitrogens with zero attached hydrogens (tertiary/aromatic N) is 1. The van der Waals surface area contributed by atoms with E-state index in [0.29, 0.717) is 10.9 Å². The van der Waals surface area contributed by atoms with Crippen LogP contribution in [-0.2, 0) is 4.79 Å².